The Hall–Kier alpha value is 0.150. The number of hydrogen-bond acceptors (Lipinski definition) is 3. The Morgan fingerprint density at radius 1 is 1.46 bits per heavy atom. The van der Waals surface area contributed by atoms with Crippen LogP contribution in [0.2, 0.25) is 0 Å². The highest BCUT2D eigenvalue weighted by Crippen LogP contribution is 2.42. The predicted octanol–water partition coefficient (Wildman–Crippen LogP) is 2.40. The molecule has 0 bridgehead atoms. The van der Waals surface area contributed by atoms with Crippen LogP contribution in [0.5, 0.6) is 0 Å². The molecule has 2 unspecified atom stereocenters. The fraction of sp³-hybridized carbons (Fsp3) is 1.00. The molecule has 0 saturated carbocycles. The molecule has 13 heavy (non-hydrogen) atoms. The third-order valence-corrected chi connectivity index (χ3v) is 3.67. The van der Waals surface area contributed by atoms with Crippen molar-refractivity contribution in [2.24, 2.45) is 5.41 Å². The van der Waals surface area contributed by atoms with Crippen LogP contribution < -0.4 is 4.89 Å². The summed E-state index contributed by atoms with van der Waals surface area (Å²) in [7, 11) is -3.60. The maximum atomic E-state index is 11.3. The molecule has 0 aromatic rings. The summed E-state index contributed by atoms with van der Waals surface area (Å²) in [6.45, 7) is 9.51. The highest BCUT2D eigenvalue weighted by molar-refractivity contribution is 7.51. The molecular formula is C9H20O3P-. The van der Waals surface area contributed by atoms with Crippen LogP contribution in [-0.4, -0.2) is 12.3 Å². The maximum absolute atomic E-state index is 11.3. The van der Waals surface area contributed by atoms with E-state index in [1.807, 2.05) is 27.7 Å². The van der Waals surface area contributed by atoms with Crippen molar-refractivity contribution in [2.75, 3.05) is 6.16 Å². The molecule has 0 radical (unpaired) electrons. The summed E-state index contributed by atoms with van der Waals surface area (Å²) in [6.07, 6.45) is 0.479. The largest absolute Gasteiger partial charge is 0.778 e. The van der Waals surface area contributed by atoms with Gasteiger partial charge in [0.2, 0.25) is 0 Å². The van der Waals surface area contributed by atoms with Crippen molar-refractivity contribution in [3.05, 3.63) is 0 Å². The second kappa shape index (κ2) is 4.59. The van der Waals surface area contributed by atoms with Gasteiger partial charge in [-0.25, -0.2) is 0 Å². The minimum atomic E-state index is -3.60. The molecule has 0 aromatic heterocycles. The lowest BCUT2D eigenvalue weighted by atomic mass is 9.91. The summed E-state index contributed by atoms with van der Waals surface area (Å²) in [6, 6.07) is 0. The van der Waals surface area contributed by atoms with E-state index in [0.717, 1.165) is 0 Å². The van der Waals surface area contributed by atoms with Crippen LogP contribution in [0.15, 0.2) is 0 Å². The lowest BCUT2D eigenvalue weighted by molar-refractivity contribution is -0.205. The van der Waals surface area contributed by atoms with E-state index in [1.54, 1.807) is 6.92 Å². The highest BCUT2D eigenvalue weighted by atomic mass is 31.2. The Morgan fingerprint density at radius 3 is 2.23 bits per heavy atom. The molecular weight excluding hydrogens is 187 g/mol. The van der Waals surface area contributed by atoms with Crippen LogP contribution in [0.4, 0.5) is 0 Å². The molecule has 0 aliphatic heterocycles. The van der Waals surface area contributed by atoms with E-state index >= 15 is 0 Å². The van der Waals surface area contributed by atoms with Gasteiger partial charge in [-0.05, 0) is 18.8 Å². The van der Waals surface area contributed by atoms with E-state index in [2.05, 4.69) is 0 Å². The summed E-state index contributed by atoms with van der Waals surface area (Å²) in [5, 5.41) is 0. The fourth-order valence-corrected chi connectivity index (χ4v) is 2.18. The SMILES string of the molecule is CCCP(=O)([O-])OC(C)C(C)(C)C. The van der Waals surface area contributed by atoms with E-state index < -0.39 is 7.60 Å². The Bertz CT molecular complexity index is 196. The van der Waals surface area contributed by atoms with Crippen molar-refractivity contribution in [2.45, 2.75) is 47.1 Å². The molecule has 80 valence electrons. The lowest BCUT2D eigenvalue weighted by Crippen LogP contribution is -2.27. The number of rotatable bonds is 4. The van der Waals surface area contributed by atoms with Crippen molar-refractivity contribution in [1.29, 1.82) is 0 Å². The Balaban J connectivity index is 4.20. The predicted molar refractivity (Wildman–Crippen MR) is 52.8 cm³/mol. The van der Waals surface area contributed by atoms with Gasteiger partial charge in [-0.1, -0.05) is 27.7 Å². The third-order valence-electron chi connectivity index (χ3n) is 2.04. The van der Waals surface area contributed by atoms with Crippen molar-refractivity contribution in [1.82, 2.24) is 0 Å². The van der Waals surface area contributed by atoms with Crippen molar-refractivity contribution in [3.63, 3.8) is 0 Å². The summed E-state index contributed by atoms with van der Waals surface area (Å²) in [5.41, 5.74) is -0.131. The first-order valence-electron chi connectivity index (χ1n) is 4.67. The van der Waals surface area contributed by atoms with Crippen LogP contribution >= 0.6 is 7.60 Å². The summed E-state index contributed by atoms with van der Waals surface area (Å²) in [5.74, 6) is 0. The Labute approximate surface area is 81.0 Å². The smallest absolute Gasteiger partial charge is 0.135 e. The molecule has 0 saturated heterocycles. The van der Waals surface area contributed by atoms with Gasteiger partial charge < -0.3 is 14.0 Å². The minimum Gasteiger partial charge on any atom is -0.778 e. The van der Waals surface area contributed by atoms with Crippen LogP contribution in [0.25, 0.3) is 0 Å². The standard InChI is InChI=1S/C9H21O3P/c1-6-7-13(10,11)12-8(2)9(3,4)5/h8H,6-7H2,1-5H3,(H,10,11)/p-1. The molecule has 0 heterocycles. The van der Waals surface area contributed by atoms with E-state index in [0.29, 0.717) is 6.42 Å². The second-order valence-electron chi connectivity index (χ2n) is 4.45. The average molecular weight is 207 g/mol. The summed E-state index contributed by atoms with van der Waals surface area (Å²) < 4.78 is 16.3. The first kappa shape index (κ1) is 13.2. The zero-order valence-electron chi connectivity index (χ0n) is 9.16. The second-order valence-corrected chi connectivity index (χ2v) is 6.33. The number of hydrogen-bond donors (Lipinski definition) is 0. The lowest BCUT2D eigenvalue weighted by Gasteiger charge is -2.33. The maximum Gasteiger partial charge on any atom is 0.135 e. The van der Waals surface area contributed by atoms with Crippen LogP contribution in [0.1, 0.15) is 41.0 Å². The van der Waals surface area contributed by atoms with E-state index in [1.165, 1.54) is 0 Å². The van der Waals surface area contributed by atoms with E-state index in [-0.39, 0.29) is 17.7 Å². The van der Waals surface area contributed by atoms with Gasteiger partial charge in [0, 0.05) is 6.16 Å². The van der Waals surface area contributed by atoms with Gasteiger partial charge in [0.05, 0.1) is 6.10 Å². The fourth-order valence-electron chi connectivity index (χ4n) is 0.726. The van der Waals surface area contributed by atoms with Gasteiger partial charge >= 0.3 is 0 Å². The molecule has 0 aliphatic carbocycles. The van der Waals surface area contributed by atoms with Gasteiger partial charge in [0.25, 0.3) is 0 Å². The molecule has 0 spiro atoms. The topological polar surface area (TPSA) is 49.4 Å². The van der Waals surface area contributed by atoms with Crippen LogP contribution in [0.3, 0.4) is 0 Å². The van der Waals surface area contributed by atoms with Gasteiger partial charge in [0.1, 0.15) is 7.60 Å². The van der Waals surface area contributed by atoms with Crippen molar-refractivity contribution in [3.8, 4) is 0 Å². The third kappa shape index (κ3) is 5.45. The Kier molecular flexibility index (Phi) is 4.64. The van der Waals surface area contributed by atoms with Gasteiger partial charge in [-0.3, -0.25) is 0 Å². The first-order valence-corrected chi connectivity index (χ1v) is 6.40. The molecule has 2 atom stereocenters. The van der Waals surface area contributed by atoms with Crippen molar-refractivity contribution < 1.29 is 14.0 Å². The van der Waals surface area contributed by atoms with Crippen molar-refractivity contribution >= 4 is 7.60 Å². The Morgan fingerprint density at radius 2 is 1.92 bits per heavy atom. The molecule has 0 rings (SSSR count). The molecule has 3 nitrogen and oxygen atoms in total. The molecule has 0 aliphatic rings. The molecule has 0 fully saturated rings. The molecule has 0 amide bonds. The van der Waals surface area contributed by atoms with Gasteiger partial charge in [0.15, 0.2) is 0 Å². The minimum absolute atomic E-state index is 0.131. The highest BCUT2D eigenvalue weighted by Gasteiger charge is 2.24. The average Bonchev–Trinajstić information content (AvgIpc) is 1.83. The molecule has 0 N–H and O–H groups in total. The summed E-state index contributed by atoms with van der Waals surface area (Å²) in [4.78, 5) is 11.3. The van der Waals surface area contributed by atoms with Gasteiger partial charge in [-0.2, -0.15) is 0 Å². The van der Waals surface area contributed by atoms with Gasteiger partial charge in [-0.15, -0.1) is 0 Å². The van der Waals surface area contributed by atoms with E-state index in [9.17, 15) is 9.46 Å². The zero-order chi connectivity index (χ0) is 10.7. The normalized spacial score (nSPS) is 19.5. The first-order chi connectivity index (χ1) is 5.69. The molecule has 0 aromatic carbocycles. The summed E-state index contributed by atoms with van der Waals surface area (Å²) >= 11 is 0. The monoisotopic (exact) mass is 207 g/mol. The molecule has 4 heteroatoms. The van der Waals surface area contributed by atoms with Crippen LogP contribution in [-0.2, 0) is 9.09 Å². The zero-order valence-corrected chi connectivity index (χ0v) is 10.1. The van der Waals surface area contributed by atoms with E-state index in [4.69, 9.17) is 4.52 Å². The quantitative estimate of drug-likeness (QED) is 0.665. The van der Waals surface area contributed by atoms with Crippen LogP contribution in [0, 0.1) is 5.41 Å².